The van der Waals surface area contributed by atoms with E-state index in [9.17, 15) is 5.48 Å². The molecule has 46 heavy (non-hydrogen) atoms. The summed E-state index contributed by atoms with van der Waals surface area (Å²) in [7, 11) is 0. The number of hydrogen-bond donors (Lipinski definition) is 0. The van der Waals surface area contributed by atoms with E-state index < -0.39 is 160 Å². The van der Waals surface area contributed by atoms with Crippen LogP contribution >= 0.6 is 0 Å². The van der Waals surface area contributed by atoms with Gasteiger partial charge in [0.05, 0.1) is 39.9 Å². The molecule has 0 radical (unpaired) electrons. The van der Waals surface area contributed by atoms with Crippen molar-refractivity contribution in [1.82, 2.24) is 0 Å². The molecule has 0 saturated carbocycles. The van der Waals surface area contributed by atoms with Crippen molar-refractivity contribution in [3.8, 4) is 22.3 Å². The van der Waals surface area contributed by atoms with Gasteiger partial charge in [0.25, 0.3) is 0 Å². The first-order valence-electron chi connectivity index (χ1n) is 24.5. The molecular weight excluding hydrogens is 558 g/mol. The molecule has 0 aliphatic carbocycles. The van der Waals surface area contributed by atoms with Gasteiger partial charge in [0.2, 0.25) is 0 Å². The fourth-order valence-electron chi connectivity index (χ4n) is 5.56. The third kappa shape index (κ3) is 4.35. The zero-order chi connectivity index (χ0) is 48.7. The van der Waals surface area contributed by atoms with Crippen molar-refractivity contribution in [2.75, 3.05) is 4.90 Å². The highest BCUT2D eigenvalue weighted by molar-refractivity contribution is 6.22. The van der Waals surface area contributed by atoms with E-state index in [0.29, 0.717) is 10.8 Å². The second-order valence-electron chi connectivity index (χ2n) is 10.1. The normalized spacial score (nSPS) is 17.9. The third-order valence-corrected chi connectivity index (χ3v) is 7.54. The van der Waals surface area contributed by atoms with Gasteiger partial charge in [0.1, 0.15) is 11.2 Å². The number of fused-ring (bicyclic) bond motifs is 6. The lowest BCUT2D eigenvalue weighted by molar-refractivity contribution is 0.672. The number of benzene rings is 8. The largest absolute Gasteiger partial charge is 0.455 e. The predicted molar refractivity (Wildman–Crippen MR) is 194 cm³/mol. The zero-order valence-corrected chi connectivity index (χ0v) is 23.5. The Kier molecular flexibility index (Phi) is 2.98. The van der Waals surface area contributed by atoms with E-state index in [-0.39, 0.29) is 38.8 Å². The summed E-state index contributed by atoms with van der Waals surface area (Å²) < 4.78 is 191. The number of furan rings is 1. The molecular formula is C44H29NO. The highest BCUT2D eigenvalue weighted by Crippen LogP contribution is 2.46. The van der Waals surface area contributed by atoms with Gasteiger partial charge in [-0.05, 0) is 86.8 Å². The lowest BCUT2D eigenvalue weighted by atomic mass is 9.95. The minimum atomic E-state index is -0.923. The number of nitrogens with zero attached hydrogens (tertiary/aromatic N) is 1. The monoisotopic (exact) mass is 608 g/mol. The Balaban J connectivity index is 1.44. The van der Waals surface area contributed by atoms with Crippen LogP contribution in [0.1, 0.15) is 28.8 Å². The van der Waals surface area contributed by atoms with Crippen LogP contribution in [0.25, 0.3) is 65.7 Å². The molecule has 0 bridgehead atoms. The highest BCUT2D eigenvalue weighted by atomic mass is 16.3. The molecule has 9 aromatic rings. The van der Waals surface area contributed by atoms with Gasteiger partial charge in [0, 0.05) is 22.1 Å². The summed E-state index contributed by atoms with van der Waals surface area (Å²) in [5.41, 5.74) is -2.47. The summed E-state index contributed by atoms with van der Waals surface area (Å²) in [5, 5.41) is 0.183. The Morgan fingerprint density at radius 3 is 1.98 bits per heavy atom. The lowest BCUT2D eigenvalue weighted by Crippen LogP contribution is -2.10. The number of rotatable bonds is 5. The molecule has 0 spiro atoms. The highest BCUT2D eigenvalue weighted by Gasteiger charge is 2.21. The van der Waals surface area contributed by atoms with Crippen LogP contribution in [-0.4, -0.2) is 0 Å². The Morgan fingerprint density at radius 1 is 0.500 bits per heavy atom. The fourth-order valence-corrected chi connectivity index (χ4v) is 5.56. The van der Waals surface area contributed by atoms with Crippen LogP contribution in [0.15, 0.2) is 180 Å². The Labute approximate surface area is 296 Å². The molecule has 0 atom stereocenters. The quantitative estimate of drug-likeness (QED) is 0.193. The molecule has 1 aromatic heterocycles. The standard InChI is InChI=1S/C44H29NO/c1-3-13-32(14-4-1)39-29-40-43-41(20-11-21-42(43)46-44(40)38-19-10-9-18-37(38)39)45(35-16-5-2-6-17-35)36-26-24-31(25-27-36)34-23-22-30-12-7-8-15-33(30)28-34/h1-29H/i1D,2D,3D,4D,5D,6D,7D,8D,12D,13D,14D,15D,16D,17D,22D,23D,24D,25D,26D,27D,28D. The Hall–Kier alpha value is -6.12. The van der Waals surface area contributed by atoms with E-state index >= 15 is 0 Å². The van der Waals surface area contributed by atoms with Gasteiger partial charge in [-0.25, -0.2) is 0 Å². The number of anilines is 3. The molecule has 0 aliphatic rings. The summed E-state index contributed by atoms with van der Waals surface area (Å²) >= 11 is 0. The number of hydrogen-bond acceptors (Lipinski definition) is 2. The van der Waals surface area contributed by atoms with E-state index in [1.165, 1.54) is 24.3 Å². The second-order valence-corrected chi connectivity index (χ2v) is 10.1. The molecule has 0 N–H and O–H groups in total. The van der Waals surface area contributed by atoms with E-state index in [2.05, 4.69) is 0 Å². The molecule has 1 heterocycles. The van der Waals surface area contributed by atoms with Crippen LogP contribution in [0, 0.1) is 0 Å². The summed E-state index contributed by atoms with van der Waals surface area (Å²) in [6.07, 6.45) is 0. The van der Waals surface area contributed by atoms with Crippen LogP contribution in [0.5, 0.6) is 0 Å². The molecule has 0 amide bonds. The smallest absolute Gasteiger partial charge is 0.143 e. The summed E-state index contributed by atoms with van der Waals surface area (Å²) in [5.74, 6) is 0. The summed E-state index contributed by atoms with van der Waals surface area (Å²) in [6, 6.07) is -3.29. The van der Waals surface area contributed by atoms with Crippen molar-refractivity contribution in [2.45, 2.75) is 0 Å². The van der Waals surface area contributed by atoms with Crippen LogP contribution in [0.3, 0.4) is 0 Å². The maximum Gasteiger partial charge on any atom is 0.143 e. The molecule has 0 fully saturated rings. The molecule has 8 aromatic carbocycles. The SMILES string of the molecule is [2H]c1c([2H])c([2H])c(-c2cc3c(oc4cccc(N(c5c([2H])c([2H])c([2H])c([2H])c5[2H])c5c([2H])c([2H])c(-c6c([2H])c([2H])c7c([2H])c([2H])c([2H])c([2H])c7c6[2H])c([2H])c5[2H])c43)c3ccccc23)c([2H])c1[2H]. The average Bonchev–Trinajstić information content (AvgIpc) is 3.70. The van der Waals surface area contributed by atoms with Gasteiger partial charge in [0.15, 0.2) is 0 Å². The van der Waals surface area contributed by atoms with Gasteiger partial charge >= 0.3 is 0 Å². The van der Waals surface area contributed by atoms with Gasteiger partial charge in [-0.1, -0.05) is 127 Å². The maximum absolute atomic E-state index is 9.54. The average molecular weight is 609 g/mol. The van der Waals surface area contributed by atoms with Crippen molar-refractivity contribution in [2.24, 2.45) is 0 Å². The zero-order valence-electron chi connectivity index (χ0n) is 44.5. The van der Waals surface area contributed by atoms with E-state index in [0.717, 1.165) is 4.90 Å². The first-order chi connectivity index (χ1) is 31.6. The van der Waals surface area contributed by atoms with Crippen molar-refractivity contribution in [1.29, 1.82) is 0 Å². The minimum Gasteiger partial charge on any atom is -0.455 e. The summed E-state index contributed by atoms with van der Waals surface area (Å²) in [4.78, 5) is 0.942. The Morgan fingerprint density at radius 2 is 1.17 bits per heavy atom. The first kappa shape index (κ1) is 12.7. The van der Waals surface area contributed by atoms with Gasteiger partial charge < -0.3 is 9.32 Å². The van der Waals surface area contributed by atoms with Crippen molar-refractivity contribution in [3.05, 3.63) is 175 Å². The number of para-hydroxylation sites is 1. The second kappa shape index (κ2) is 10.8. The molecule has 2 nitrogen and oxygen atoms in total. The van der Waals surface area contributed by atoms with Crippen LogP contribution < -0.4 is 4.90 Å². The van der Waals surface area contributed by atoms with Crippen LogP contribution in [-0.2, 0) is 0 Å². The van der Waals surface area contributed by atoms with E-state index in [1.54, 1.807) is 24.3 Å². The van der Waals surface area contributed by atoms with Gasteiger partial charge in [-0.2, -0.15) is 0 Å². The third-order valence-electron chi connectivity index (χ3n) is 7.54. The maximum atomic E-state index is 9.54. The molecule has 9 rings (SSSR count). The summed E-state index contributed by atoms with van der Waals surface area (Å²) in [6.45, 7) is 0. The van der Waals surface area contributed by atoms with Crippen molar-refractivity contribution in [3.63, 3.8) is 0 Å². The first-order valence-corrected chi connectivity index (χ1v) is 14.0. The molecule has 0 saturated heterocycles. The lowest BCUT2D eigenvalue weighted by Gasteiger charge is -2.26. The van der Waals surface area contributed by atoms with E-state index in [1.807, 2.05) is 0 Å². The molecule has 2 heteroatoms. The molecule has 0 unspecified atom stereocenters. The molecule has 0 aliphatic heterocycles. The fraction of sp³-hybridized carbons (Fsp3) is 0. The van der Waals surface area contributed by atoms with Crippen molar-refractivity contribution < 1.29 is 33.2 Å². The van der Waals surface area contributed by atoms with Crippen molar-refractivity contribution >= 4 is 60.5 Å². The molecule has 216 valence electrons. The topological polar surface area (TPSA) is 16.4 Å². The van der Waals surface area contributed by atoms with E-state index in [4.69, 9.17) is 27.7 Å². The predicted octanol–water partition coefficient (Wildman–Crippen LogP) is 12.7. The van der Waals surface area contributed by atoms with Gasteiger partial charge in [-0.15, -0.1) is 0 Å². The van der Waals surface area contributed by atoms with Crippen LogP contribution in [0.4, 0.5) is 17.1 Å². The minimum absolute atomic E-state index is 0.0986. The Bertz CT molecular complexity index is 3650. The van der Waals surface area contributed by atoms with Gasteiger partial charge in [-0.3, -0.25) is 0 Å². The van der Waals surface area contributed by atoms with Crippen LogP contribution in [0.2, 0.25) is 0 Å².